The highest BCUT2D eigenvalue weighted by Gasteiger charge is 2.24. The molecule has 0 aliphatic rings. The highest BCUT2D eigenvalue weighted by atomic mass is 16.5. The molecule has 6 nitrogen and oxygen atoms in total. The molecule has 1 atom stereocenters. The van der Waals surface area contributed by atoms with Gasteiger partial charge in [0, 0.05) is 12.5 Å². The summed E-state index contributed by atoms with van der Waals surface area (Å²) in [4.78, 5) is 26.8. The fourth-order valence-corrected chi connectivity index (χ4v) is 3.26. The quantitative estimate of drug-likeness (QED) is 0.535. The van der Waals surface area contributed by atoms with Crippen molar-refractivity contribution in [3.05, 3.63) is 65.7 Å². The van der Waals surface area contributed by atoms with Gasteiger partial charge in [0.2, 0.25) is 0 Å². The second kappa shape index (κ2) is 12.6. The molecule has 0 aliphatic carbocycles. The summed E-state index contributed by atoms with van der Waals surface area (Å²) in [6.45, 7) is 5.94. The van der Waals surface area contributed by atoms with Gasteiger partial charge >= 0.3 is 11.9 Å². The van der Waals surface area contributed by atoms with E-state index in [4.69, 9.17) is 9.47 Å². The zero-order valence-corrected chi connectivity index (χ0v) is 17.8. The molecule has 0 radical (unpaired) electrons. The molecule has 30 heavy (non-hydrogen) atoms. The second-order valence-corrected chi connectivity index (χ2v) is 7.07. The number of nitrogens with zero attached hydrogens (tertiary/aromatic N) is 1. The number of aromatic hydroxyl groups is 1. The fraction of sp³-hybridized carbons (Fsp3) is 0.417. The lowest BCUT2D eigenvalue weighted by molar-refractivity contribution is -0.148. The molecule has 2 aromatic carbocycles. The van der Waals surface area contributed by atoms with E-state index in [1.807, 2.05) is 44.2 Å². The van der Waals surface area contributed by atoms with E-state index in [9.17, 15) is 14.7 Å². The van der Waals surface area contributed by atoms with Gasteiger partial charge in [-0.05, 0) is 36.3 Å². The van der Waals surface area contributed by atoms with Gasteiger partial charge in [-0.3, -0.25) is 14.5 Å². The van der Waals surface area contributed by atoms with Crippen LogP contribution in [0.5, 0.6) is 5.75 Å². The number of carbonyl (C=O) groups is 2. The average Bonchev–Trinajstić information content (AvgIpc) is 2.75. The van der Waals surface area contributed by atoms with Crippen LogP contribution in [0.4, 0.5) is 0 Å². The number of rotatable bonds is 12. The van der Waals surface area contributed by atoms with Crippen LogP contribution in [0, 0.1) is 0 Å². The third-order valence-corrected chi connectivity index (χ3v) is 4.97. The van der Waals surface area contributed by atoms with E-state index in [1.54, 1.807) is 24.3 Å². The predicted molar refractivity (Wildman–Crippen MR) is 115 cm³/mol. The van der Waals surface area contributed by atoms with Crippen molar-refractivity contribution in [1.82, 2.24) is 4.90 Å². The maximum atomic E-state index is 12.4. The van der Waals surface area contributed by atoms with Crippen LogP contribution in [0.2, 0.25) is 0 Å². The van der Waals surface area contributed by atoms with Crippen LogP contribution < -0.4 is 0 Å². The summed E-state index contributed by atoms with van der Waals surface area (Å²) in [7, 11) is 0. The zero-order valence-electron chi connectivity index (χ0n) is 17.8. The number of phenolic OH excluding ortho intramolecular Hbond substituents is 1. The van der Waals surface area contributed by atoms with Gasteiger partial charge in [0.15, 0.2) is 0 Å². The zero-order chi connectivity index (χ0) is 21.8. The molecule has 0 amide bonds. The Hall–Kier alpha value is -2.86. The summed E-state index contributed by atoms with van der Waals surface area (Å²) in [6.07, 6.45) is 0.848. The van der Waals surface area contributed by atoms with Crippen molar-refractivity contribution >= 4 is 11.9 Å². The Morgan fingerprint density at radius 1 is 0.867 bits per heavy atom. The van der Waals surface area contributed by atoms with Gasteiger partial charge in [-0.2, -0.15) is 0 Å². The Balaban J connectivity index is 1.83. The minimum absolute atomic E-state index is 0.137. The molecule has 0 aromatic heterocycles. The molecular formula is C24H31NO5. The average molecular weight is 414 g/mol. The molecule has 6 heteroatoms. The fourth-order valence-electron chi connectivity index (χ4n) is 3.26. The number of benzene rings is 2. The number of carbonyl (C=O) groups excluding carboxylic acids is 2. The topological polar surface area (TPSA) is 76.1 Å². The molecular weight excluding hydrogens is 382 g/mol. The van der Waals surface area contributed by atoms with Crippen molar-refractivity contribution in [1.29, 1.82) is 0 Å². The normalized spacial score (nSPS) is 11.8. The van der Waals surface area contributed by atoms with E-state index in [1.165, 1.54) is 0 Å². The lowest BCUT2D eigenvalue weighted by atomic mass is 10.1. The molecule has 0 heterocycles. The summed E-state index contributed by atoms with van der Waals surface area (Å²) < 4.78 is 10.8. The van der Waals surface area contributed by atoms with Crippen LogP contribution in [-0.2, 0) is 32.1 Å². The highest BCUT2D eigenvalue weighted by Crippen LogP contribution is 2.13. The monoisotopic (exact) mass is 413 g/mol. The van der Waals surface area contributed by atoms with Gasteiger partial charge in [-0.25, -0.2) is 0 Å². The van der Waals surface area contributed by atoms with Gasteiger partial charge in [-0.1, -0.05) is 56.3 Å². The van der Waals surface area contributed by atoms with Crippen molar-refractivity contribution in [3.63, 3.8) is 0 Å². The molecule has 0 bridgehead atoms. The largest absolute Gasteiger partial charge is 0.508 e. The minimum atomic E-state index is -0.332. The second-order valence-electron chi connectivity index (χ2n) is 7.07. The van der Waals surface area contributed by atoms with Crippen molar-refractivity contribution in [2.45, 2.75) is 45.8 Å². The molecule has 0 saturated heterocycles. The van der Waals surface area contributed by atoms with Crippen molar-refractivity contribution in [3.8, 4) is 5.75 Å². The van der Waals surface area contributed by atoms with Crippen LogP contribution in [0.1, 0.15) is 37.8 Å². The standard InChI is InChI=1S/C24H31NO5/c1-3-25(4-2)21(17-24(28)30-18-20-8-6-5-7-9-20)16-23(27)29-15-14-19-10-12-22(26)13-11-19/h5-13,21,26H,3-4,14-18H2,1-2H3. The van der Waals surface area contributed by atoms with E-state index in [2.05, 4.69) is 4.90 Å². The van der Waals surface area contributed by atoms with Crippen LogP contribution >= 0.6 is 0 Å². The molecule has 0 aliphatic heterocycles. The Kier molecular flexibility index (Phi) is 9.87. The van der Waals surface area contributed by atoms with Gasteiger partial charge < -0.3 is 14.6 Å². The number of hydrogen-bond donors (Lipinski definition) is 1. The summed E-state index contributed by atoms with van der Waals surface area (Å²) in [5, 5.41) is 9.32. The first-order valence-electron chi connectivity index (χ1n) is 10.4. The van der Waals surface area contributed by atoms with Crippen LogP contribution in [-0.4, -0.2) is 47.7 Å². The van der Waals surface area contributed by atoms with Gasteiger partial charge in [0.05, 0.1) is 19.4 Å². The molecule has 1 N–H and O–H groups in total. The van der Waals surface area contributed by atoms with Crippen molar-refractivity contribution < 1.29 is 24.2 Å². The number of ether oxygens (including phenoxy) is 2. The third-order valence-electron chi connectivity index (χ3n) is 4.97. The van der Waals surface area contributed by atoms with Crippen molar-refractivity contribution in [2.75, 3.05) is 19.7 Å². The first-order valence-corrected chi connectivity index (χ1v) is 10.4. The van der Waals surface area contributed by atoms with E-state index in [-0.39, 0.29) is 49.8 Å². The van der Waals surface area contributed by atoms with E-state index in [0.29, 0.717) is 6.42 Å². The van der Waals surface area contributed by atoms with Crippen LogP contribution in [0.15, 0.2) is 54.6 Å². The Bertz CT molecular complexity index is 772. The highest BCUT2D eigenvalue weighted by molar-refractivity contribution is 5.74. The Morgan fingerprint density at radius 3 is 2.07 bits per heavy atom. The Labute approximate surface area is 178 Å². The number of hydrogen-bond acceptors (Lipinski definition) is 6. The smallest absolute Gasteiger partial charge is 0.307 e. The summed E-state index contributed by atoms with van der Waals surface area (Å²) in [5.41, 5.74) is 1.91. The number of phenols is 1. The first kappa shape index (κ1) is 23.4. The molecule has 0 spiro atoms. The minimum Gasteiger partial charge on any atom is -0.508 e. The van der Waals surface area contributed by atoms with Gasteiger partial charge in [0.1, 0.15) is 12.4 Å². The van der Waals surface area contributed by atoms with Gasteiger partial charge in [0.25, 0.3) is 0 Å². The first-order chi connectivity index (χ1) is 14.5. The molecule has 0 fully saturated rings. The van der Waals surface area contributed by atoms with Gasteiger partial charge in [-0.15, -0.1) is 0 Å². The Morgan fingerprint density at radius 2 is 1.47 bits per heavy atom. The summed E-state index contributed by atoms with van der Waals surface area (Å²) >= 11 is 0. The predicted octanol–water partition coefficient (Wildman–Crippen LogP) is 3.71. The maximum absolute atomic E-state index is 12.4. The van der Waals surface area contributed by atoms with E-state index >= 15 is 0 Å². The molecule has 2 aromatic rings. The molecule has 2 rings (SSSR count). The maximum Gasteiger partial charge on any atom is 0.307 e. The van der Waals surface area contributed by atoms with E-state index in [0.717, 1.165) is 24.2 Å². The van der Waals surface area contributed by atoms with Crippen LogP contribution in [0.25, 0.3) is 0 Å². The molecule has 0 saturated carbocycles. The van der Waals surface area contributed by atoms with Crippen LogP contribution in [0.3, 0.4) is 0 Å². The van der Waals surface area contributed by atoms with Crippen molar-refractivity contribution in [2.24, 2.45) is 0 Å². The lowest BCUT2D eigenvalue weighted by Gasteiger charge is -2.28. The third kappa shape index (κ3) is 8.25. The number of esters is 2. The molecule has 162 valence electrons. The SMILES string of the molecule is CCN(CC)C(CC(=O)OCCc1ccc(O)cc1)CC(=O)OCc1ccccc1. The lowest BCUT2D eigenvalue weighted by Crippen LogP contribution is -2.39. The summed E-state index contributed by atoms with van der Waals surface area (Å²) in [5.74, 6) is -0.453. The van der Waals surface area contributed by atoms with E-state index < -0.39 is 0 Å². The molecule has 1 unspecified atom stereocenters. The summed E-state index contributed by atoms with van der Waals surface area (Å²) in [6, 6.07) is 16.1.